The molecule has 1 amide bonds. The molecule has 0 aliphatic heterocycles. The van der Waals surface area contributed by atoms with E-state index in [0.29, 0.717) is 19.3 Å². The number of carboxylic acids is 1. The molecule has 0 aromatic heterocycles. The van der Waals surface area contributed by atoms with E-state index in [1.165, 1.54) is 6.07 Å². The zero-order valence-corrected chi connectivity index (χ0v) is 11.2. The number of carboxylic acid groups (broad SMARTS) is 1. The van der Waals surface area contributed by atoms with Gasteiger partial charge in [-0.3, -0.25) is 14.9 Å². The first-order valence-corrected chi connectivity index (χ1v) is 6.20. The summed E-state index contributed by atoms with van der Waals surface area (Å²) in [5, 5.41) is 22.1. The molecule has 110 valence electrons. The van der Waals surface area contributed by atoms with Crippen molar-refractivity contribution < 1.29 is 19.6 Å². The molecule has 0 aliphatic rings. The third-order valence-electron chi connectivity index (χ3n) is 2.69. The van der Waals surface area contributed by atoms with Crippen LogP contribution in [0.5, 0.6) is 0 Å². The number of hydrogen-bond donors (Lipinski definition) is 2. The third kappa shape index (κ3) is 4.95. The van der Waals surface area contributed by atoms with Crippen molar-refractivity contribution in [2.75, 3.05) is 5.32 Å². The number of terminal acetylenes is 1. The minimum atomic E-state index is -1.35. The average molecular weight is 290 g/mol. The Bertz CT molecular complexity index is 604. The summed E-state index contributed by atoms with van der Waals surface area (Å²) in [7, 11) is 0. The molecule has 1 aromatic carbocycles. The van der Waals surface area contributed by atoms with Crippen molar-refractivity contribution in [3.63, 3.8) is 0 Å². The van der Waals surface area contributed by atoms with Crippen LogP contribution in [-0.2, 0) is 4.79 Å². The lowest BCUT2D eigenvalue weighted by molar-refractivity contribution is -0.384. The van der Waals surface area contributed by atoms with E-state index in [1.54, 1.807) is 0 Å². The first-order valence-electron chi connectivity index (χ1n) is 6.20. The molecule has 7 nitrogen and oxygen atoms in total. The highest BCUT2D eigenvalue weighted by atomic mass is 16.6. The second kappa shape index (κ2) is 7.65. The van der Waals surface area contributed by atoms with Gasteiger partial charge in [-0.2, -0.15) is 0 Å². The van der Waals surface area contributed by atoms with Crippen molar-refractivity contribution in [2.24, 2.45) is 0 Å². The van der Waals surface area contributed by atoms with E-state index in [0.717, 1.165) is 12.1 Å². The molecule has 0 spiro atoms. The lowest BCUT2D eigenvalue weighted by Crippen LogP contribution is -2.14. The molecule has 0 fully saturated rings. The van der Waals surface area contributed by atoms with Crippen LogP contribution in [0.1, 0.15) is 36.0 Å². The van der Waals surface area contributed by atoms with Gasteiger partial charge in [-0.15, -0.1) is 12.3 Å². The van der Waals surface area contributed by atoms with Crippen molar-refractivity contribution in [1.82, 2.24) is 0 Å². The van der Waals surface area contributed by atoms with Gasteiger partial charge in [0.2, 0.25) is 5.91 Å². The molecule has 0 saturated heterocycles. The molecule has 2 N–H and O–H groups in total. The van der Waals surface area contributed by atoms with Crippen molar-refractivity contribution in [1.29, 1.82) is 0 Å². The van der Waals surface area contributed by atoms with Crippen LogP contribution < -0.4 is 5.32 Å². The maximum absolute atomic E-state index is 11.7. The van der Waals surface area contributed by atoms with Gasteiger partial charge in [-0.25, -0.2) is 4.79 Å². The van der Waals surface area contributed by atoms with E-state index in [-0.39, 0.29) is 29.3 Å². The van der Waals surface area contributed by atoms with Crippen molar-refractivity contribution in [3.05, 3.63) is 33.9 Å². The minimum Gasteiger partial charge on any atom is -0.478 e. The highest BCUT2D eigenvalue weighted by Gasteiger charge is 2.17. The van der Waals surface area contributed by atoms with Gasteiger partial charge in [0, 0.05) is 25.0 Å². The van der Waals surface area contributed by atoms with Crippen LogP contribution >= 0.6 is 0 Å². The van der Waals surface area contributed by atoms with Crippen LogP contribution in [0.15, 0.2) is 18.2 Å². The Hall–Kier alpha value is -2.88. The zero-order valence-electron chi connectivity index (χ0n) is 11.2. The molecule has 0 bridgehead atoms. The van der Waals surface area contributed by atoms with Crippen molar-refractivity contribution >= 4 is 23.3 Å². The Morgan fingerprint density at radius 1 is 1.38 bits per heavy atom. The van der Waals surface area contributed by atoms with Gasteiger partial charge in [0.1, 0.15) is 0 Å². The van der Waals surface area contributed by atoms with E-state index in [1.807, 2.05) is 0 Å². The standard InChI is InChI=1S/C14H14N2O5/c1-2-3-4-5-6-13(17)15-12-8-7-10(16(20)21)9-11(12)14(18)19/h1,7-9H,3-6H2,(H,15,17)(H,18,19). The molecule has 0 atom stereocenters. The van der Waals surface area contributed by atoms with Gasteiger partial charge < -0.3 is 10.4 Å². The molecule has 0 aliphatic carbocycles. The number of carbonyl (C=O) groups is 2. The number of aromatic carboxylic acids is 1. The van der Waals surface area contributed by atoms with Crippen LogP contribution in [0.4, 0.5) is 11.4 Å². The van der Waals surface area contributed by atoms with Crippen LogP contribution in [0.25, 0.3) is 0 Å². The number of benzene rings is 1. The predicted octanol–water partition coefficient (Wildman–Crippen LogP) is 2.43. The summed E-state index contributed by atoms with van der Waals surface area (Å²) < 4.78 is 0. The Morgan fingerprint density at radius 2 is 2.10 bits per heavy atom. The summed E-state index contributed by atoms with van der Waals surface area (Å²) in [6.45, 7) is 0. The van der Waals surface area contributed by atoms with Gasteiger partial charge >= 0.3 is 5.97 Å². The Labute approximate surface area is 121 Å². The number of nitrogens with one attached hydrogen (secondary N) is 1. The van der Waals surface area contributed by atoms with Crippen molar-refractivity contribution in [2.45, 2.75) is 25.7 Å². The van der Waals surface area contributed by atoms with Crippen LogP contribution in [0.3, 0.4) is 0 Å². The quantitative estimate of drug-likeness (QED) is 0.347. The smallest absolute Gasteiger partial charge is 0.338 e. The zero-order chi connectivity index (χ0) is 15.8. The Morgan fingerprint density at radius 3 is 2.67 bits per heavy atom. The monoisotopic (exact) mass is 290 g/mol. The van der Waals surface area contributed by atoms with E-state index in [4.69, 9.17) is 11.5 Å². The fraction of sp³-hybridized carbons (Fsp3) is 0.286. The molecule has 21 heavy (non-hydrogen) atoms. The fourth-order valence-corrected chi connectivity index (χ4v) is 1.66. The lowest BCUT2D eigenvalue weighted by atomic mass is 10.1. The number of hydrogen-bond acceptors (Lipinski definition) is 4. The number of nitro benzene ring substituents is 1. The summed E-state index contributed by atoms with van der Waals surface area (Å²) in [6, 6.07) is 3.26. The number of nitrogens with zero attached hydrogens (tertiary/aromatic N) is 1. The molecule has 1 rings (SSSR count). The molecular weight excluding hydrogens is 276 g/mol. The number of carbonyl (C=O) groups excluding carboxylic acids is 1. The summed E-state index contributed by atoms with van der Waals surface area (Å²) in [5.41, 5.74) is -0.629. The highest BCUT2D eigenvalue weighted by molar-refractivity contribution is 6.01. The fourth-order valence-electron chi connectivity index (χ4n) is 1.66. The molecule has 0 saturated carbocycles. The lowest BCUT2D eigenvalue weighted by Gasteiger charge is -2.08. The van der Waals surface area contributed by atoms with E-state index in [2.05, 4.69) is 11.2 Å². The summed E-state index contributed by atoms with van der Waals surface area (Å²) in [6.07, 6.45) is 7.16. The topological polar surface area (TPSA) is 110 Å². The van der Waals surface area contributed by atoms with Gasteiger partial charge in [0.15, 0.2) is 0 Å². The molecule has 0 radical (unpaired) electrons. The van der Waals surface area contributed by atoms with E-state index in [9.17, 15) is 19.7 Å². The number of unbranched alkanes of at least 4 members (excludes halogenated alkanes) is 2. The molecule has 7 heteroatoms. The SMILES string of the molecule is C#CCCCCC(=O)Nc1ccc([N+](=O)[O-])cc1C(=O)O. The maximum Gasteiger partial charge on any atom is 0.338 e. The summed E-state index contributed by atoms with van der Waals surface area (Å²) >= 11 is 0. The van der Waals surface area contributed by atoms with Gasteiger partial charge in [-0.05, 0) is 18.9 Å². The van der Waals surface area contributed by atoms with Gasteiger partial charge in [0.05, 0.1) is 16.2 Å². The first-order chi connectivity index (χ1) is 9.95. The number of non-ortho nitro benzene ring substituents is 1. The second-order valence-electron chi connectivity index (χ2n) is 4.25. The van der Waals surface area contributed by atoms with Crippen LogP contribution in [0.2, 0.25) is 0 Å². The normalized spacial score (nSPS) is 9.67. The van der Waals surface area contributed by atoms with Crippen LogP contribution in [0, 0.1) is 22.5 Å². The van der Waals surface area contributed by atoms with Gasteiger partial charge in [0.25, 0.3) is 5.69 Å². The first kappa shape index (κ1) is 16.2. The highest BCUT2D eigenvalue weighted by Crippen LogP contribution is 2.22. The molecule has 0 unspecified atom stereocenters. The Balaban J connectivity index is 2.78. The second-order valence-corrected chi connectivity index (χ2v) is 4.25. The number of amides is 1. The number of rotatable bonds is 7. The minimum absolute atomic E-state index is 0.0371. The molecular formula is C14H14N2O5. The Kier molecular flexibility index (Phi) is 5.89. The summed E-state index contributed by atoms with van der Waals surface area (Å²) in [5.74, 6) is 0.755. The maximum atomic E-state index is 11.7. The molecule has 1 aromatic rings. The number of anilines is 1. The largest absolute Gasteiger partial charge is 0.478 e. The van der Waals surface area contributed by atoms with E-state index >= 15 is 0 Å². The van der Waals surface area contributed by atoms with Crippen molar-refractivity contribution in [3.8, 4) is 12.3 Å². The summed E-state index contributed by atoms with van der Waals surface area (Å²) in [4.78, 5) is 32.7. The third-order valence-corrected chi connectivity index (χ3v) is 2.69. The van der Waals surface area contributed by atoms with E-state index < -0.39 is 10.9 Å². The van der Waals surface area contributed by atoms with Crippen LogP contribution in [-0.4, -0.2) is 21.9 Å². The predicted molar refractivity (Wildman–Crippen MR) is 76.0 cm³/mol. The number of nitro groups is 1. The molecule has 0 heterocycles. The van der Waals surface area contributed by atoms with Gasteiger partial charge in [-0.1, -0.05) is 0 Å². The average Bonchev–Trinajstić information content (AvgIpc) is 2.43.